The van der Waals surface area contributed by atoms with Crippen LogP contribution in [0.25, 0.3) is 0 Å². The van der Waals surface area contributed by atoms with Crippen molar-refractivity contribution in [2.45, 2.75) is 39.3 Å². The molecule has 1 aromatic rings. The fraction of sp³-hybridized carbons (Fsp3) is 0.562. The molecule has 0 atom stereocenters. The number of rotatable bonds is 4. The summed E-state index contributed by atoms with van der Waals surface area (Å²) in [5.41, 5.74) is 1.60. The number of benzene rings is 1. The maximum absolute atomic E-state index is 12.6. The van der Waals surface area contributed by atoms with Gasteiger partial charge in [-0.25, -0.2) is 0 Å². The van der Waals surface area contributed by atoms with Crippen LogP contribution in [0.3, 0.4) is 0 Å². The maximum atomic E-state index is 12.6. The summed E-state index contributed by atoms with van der Waals surface area (Å²) in [5.74, 6) is 0.0674. The normalized spacial score (nSPS) is 15.9. The van der Waals surface area contributed by atoms with Crippen LogP contribution in [-0.2, 0) is 0 Å². The van der Waals surface area contributed by atoms with E-state index in [-0.39, 0.29) is 17.7 Å². The van der Waals surface area contributed by atoms with E-state index >= 15 is 0 Å². The summed E-state index contributed by atoms with van der Waals surface area (Å²) in [6.45, 7) is 2.29. The lowest BCUT2D eigenvalue weighted by molar-refractivity contribution is -0.0507. The molecule has 0 aromatic heterocycles. The number of hydrogen-bond acceptors (Lipinski definition) is 3. The molecule has 0 spiro atoms. The molecule has 1 aliphatic rings. The smallest absolute Gasteiger partial charge is 0.387 e. The number of ether oxygens (including phenoxy) is 1. The van der Waals surface area contributed by atoms with Crippen molar-refractivity contribution in [3.8, 4) is 5.75 Å². The summed E-state index contributed by atoms with van der Waals surface area (Å²) in [6.07, 6.45) is 1.85. The minimum absolute atomic E-state index is 0.0818. The second-order valence-corrected chi connectivity index (χ2v) is 5.71. The number of nitrogens with zero attached hydrogens (tertiary/aromatic N) is 1. The summed E-state index contributed by atoms with van der Waals surface area (Å²) < 4.78 is 29.3. The van der Waals surface area contributed by atoms with Crippen molar-refractivity contribution in [2.75, 3.05) is 20.1 Å². The number of nitrogens with one attached hydrogen (secondary N) is 1. The Hall–Kier alpha value is -1.69. The minimum Gasteiger partial charge on any atom is -0.434 e. The molecule has 1 fully saturated rings. The number of amides is 1. The Morgan fingerprint density at radius 1 is 1.27 bits per heavy atom. The Balaban J connectivity index is 2.19. The zero-order chi connectivity index (χ0) is 16.3. The van der Waals surface area contributed by atoms with E-state index in [4.69, 9.17) is 0 Å². The number of alkyl halides is 2. The minimum atomic E-state index is -2.86. The molecular weight excluding hydrogens is 290 g/mol. The lowest BCUT2D eigenvalue weighted by Crippen LogP contribution is -2.44. The van der Waals surface area contributed by atoms with E-state index in [2.05, 4.69) is 10.1 Å². The number of carbonyl (C=O) groups is 1. The monoisotopic (exact) mass is 312 g/mol. The Bertz CT molecular complexity index is 520. The highest BCUT2D eigenvalue weighted by atomic mass is 19.3. The van der Waals surface area contributed by atoms with Crippen molar-refractivity contribution in [3.05, 3.63) is 28.8 Å². The van der Waals surface area contributed by atoms with Crippen LogP contribution < -0.4 is 10.1 Å². The Kier molecular flexibility index (Phi) is 5.34. The highest BCUT2D eigenvalue weighted by Crippen LogP contribution is 2.27. The van der Waals surface area contributed by atoms with Crippen LogP contribution in [-0.4, -0.2) is 43.6 Å². The molecule has 1 heterocycles. The predicted molar refractivity (Wildman–Crippen MR) is 80.5 cm³/mol. The molecule has 0 aliphatic carbocycles. The summed E-state index contributed by atoms with van der Waals surface area (Å²) in [7, 11) is 1.80. The van der Waals surface area contributed by atoms with Crippen LogP contribution >= 0.6 is 0 Å². The van der Waals surface area contributed by atoms with Gasteiger partial charge in [0.05, 0.1) is 0 Å². The van der Waals surface area contributed by atoms with Gasteiger partial charge < -0.3 is 15.0 Å². The van der Waals surface area contributed by atoms with Crippen LogP contribution in [0.1, 0.15) is 34.3 Å². The Labute approximate surface area is 129 Å². The Morgan fingerprint density at radius 3 is 2.32 bits per heavy atom. The standard InChI is InChI=1S/C16H22F2N2O2/c1-10-8-12(9-11(2)14(10)22-16(17)18)15(21)20(3)13-4-6-19-7-5-13/h8-9,13,16,19H,4-7H2,1-3H3. The van der Waals surface area contributed by atoms with Crippen LogP contribution in [0.5, 0.6) is 5.75 Å². The van der Waals surface area contributed by atoms with E-state index < -0.39 is 6.61 Å². The second kappa shape index (κ2) is 7.05. The van der Waals surface area contributed by atoms with E-state index in [1.54, 1.807) is 37.9 Å². The fourth-order valence-corrected chi connectivity index (χ4v) is 2.91. The average Bonchev–Trinajstić information content (AvgIpc) is 2.50. The highest BCUT2D eigenvalue weighted by Gasteiger charge is 2.24. The van der Waals surface area contributed by atoms with Gasteiger partial charge in [0.2, 0.25) is 0 Å². The topological polar surface area (TPSA) is 41.6 Å². The van der Waals surface area contributed by atoms with Crippen LogP contribution in [0, 0.1) is 13.8 Å². The predicted octanol–water partition coefficient (Wildman–Crippen LogP) is 2.73. The first kappa shape index (κ1) is 16.7. The van der Waals surface area contributed by atoms with Gasteiger partial charge in [-0.2, -0.15) is 8.78 Å². The van der Waals surface area contributed by atoms with Gasteiger partial charge >= 0.3 is 6.61 Å². The molecule has 1 aromatic carbocycles. The van der Waals surface area contributed by atoms with Gasteiger partial charge in [-0.1, -0.05) is 0 Å². The maximum Gasteiger partial charge on any atom is 0.387 e. The fourth-order valence-electron chi connectivity index (χ4n) is 2.91. The zero-order valence-corrected chi connectivity index (χ0v) is 13.2. The van der Waals surface area contributed by atoms with Crippen molar-refractivity contribution in [3.63, 3.8) is 0 Å². The average molecular weight is 312 g/mol. The van der Waals surface area contributed by atoms with E-state index in [1.165, 1.54) is 0 Å². The number of aryl methyl sites for hydroxylation is 2. The van der Waals surface area contributed by atoms with Gasteiger partial charge in [0.1, 0.15) is 5.75 Å². The summed E-state index contributed by atoms with van der Waals surface area (Å²) >= 11 is 0. The molecule has 1 aliphatic heterocycles. The molecule has 4 nitrogen and oxygen atoms in total. The Morgan fingerprint density at radius 2 is 1.82 bits per heavy atom. The quantitative estimate of drug-likeness (QED) is 0.929. The molecule has 0 bridgehead atoms. The first-order valence-electron chi connectivity index (χ1n) is 7.44. The molecule has 22 heavy (non-hydrogen) atoms. The third-order valence-corrected chi connectivity index (χ3v) is 4.09. The van der Waals surface area contributed by atoms with Crippen molar-refractivity contribution >= 4 is 5.91 Å². The first-order chi connectivity index (χ1) is 10.4. The largest absolute Gasteiger partial charge is 0.434 e. The van der Waals surface area contributed by atoms with E-state index in [9.17, 15) is 13.6 Å². The van der Waals surface area contributed by atoms with Gasteiger partial charge in [-0.15, -0.1) is 0 Å². The molecule has 0 radical (unpaired) electrons. The van der Waals surface area contributed by atoms with E-state index in [1.807, 2.05) is 0 Å². The molecule has 1 saturated heterocycles. The molecule has 0 unspecified atom stereocenters. The van der Waals surface area contributed by atoms with Crippen molar-refractivity contribution < 1.29 is 18.3 Å². The number of piperidine rings is 1. The van der Waals surface area contributed by atoms with E-state index in [0.717, 1.165) is 25.9 Å². The van der Waals surface area contributed by atoms with Crippen LogP contribution in [0.4, 0.5) is 8.78 Å². The van der Waals surface area contributed by atoms with Crippen molar-refractivity contribution in [2.24, 2.45) is 0 Å². The van der Waals surface area contributed by atoms with E-state index in [0.29, 0.717) is 16.7 Å². The highest BCUT2D eigenvalue weighted by molar-refractivity contribution is 5.95. The second-order valence-electron chi connectivity index (χ2n) is 5.71. The SMILES string of the molecule is Cc1cc(C(=O)N(C)C2CCNCC2)cc(C)c1OC(F)F. The van der Waals surface area contributed by atoms with Crippen LogP contribution in [0.2, 0.25) is 0 Å². The molecular formula is C16H22F2N2O2. The van der Waals surface area contributed by atoms with Gasteiger partial charge in [-0.05, 0) is 63.0 Å². The molecule has 1 N–H and O–H groups in total. The van der Waals surface area contributed by atoms with Crippen LogP contribution in [0.15, 0.2) is 12.1 Å². The lowest BCUT2D eigenvalue weighted by Gasteiger charge is -2.32. The number of carbonyl (C=O) groups excluding carboxylic acids is 1. The third-order valence-electron chi connectivity index (χ3n) is 4.09. The molecule has 6 heteroatoms. The lowest BCUT2D eigenvalue weighted by atomic mass is 10.0. The van der Waals surface area contributed by atoms with Gasteiger partial charge in [0.15, 0.2) is 0 Å². The molecule has 122 valence electrons. The van der Waals surface area contributed by atoms with Gasteiger partial charge in [-0.3, -0.25) is 4.79 Å². The van der Waals surface area contributed by atoms with Gasteiger partial charge in [0, 0.05) is 18.7 Å². The third kappa shape index (κ3) is 3.74. The molecule has 2 rings (SSSR count). The summed E-state index contributed by atoms with van der Waals surface area (Å²) in [5, 5.41) is 3.27. The number of halogens is 2. The molecule has 1 amide bonds. The van der Waals surface area contributed by atoms with Crippen molar-refractivity contribution in [1.29, 1.82) is 0 Å². The summed E-state index contributed by atoms with van der Waals surface area (Å²) in [6, 6.07) is 3.45. The zero-order valence-electron chi connectivity index (χ0n) is 13.2. The first-order valence-corrected chi connectivity index (χ1v) is 7.44. The molecule has 0 saturated carbocycles. The summed E-state index contributed by atoms with van der Waals surface area (Å²) in [4.78, 5) is 14.4. The van der Waals surface area contributed by atoms with Crippen molar-refractivity contribution in [1.82, 2.24) is 10.2 Å². The number of hydrogen-bond donors (Lipinski definition) is 1. The van der Waals surface area contributed by atoms with Gasteiger partial charge in [0.25, 0.3) is 5.91 Å².